The predicted octanol–water partition coefficient (Wildman–Crippen LogP) is 4.02. The van der Waals surface area contributed by atoms with E-state index in [1.54, 1.807) is 0 Å². The number of nitrogens with zero attached hydrogens (tertiary/aromatic N) is 1. The van der Waals surface area contributed by atoms with Gasteiger partial charge >= 0.3 is 0 Å². The SMILES string of the molecule is O=C(c1cccc(Br)c1)c1ccccc1CN1CCC2(CC1)OCCO2. The minimum absolute atomic E-state index is 0.0674. The van der Waals surface area contributed by atoms with Gasteiger partial charge in [-0.2, -0.15) is 0 Å². The van der Waals surface area contributed by atoms with Crippen LogP contribution in [0, 0.1) is 0 Å². The second-order valence-electron chi connectivity index (χ2n) is 6.88. The maximum Gasteiger partial charge on any atom is 0.193 e. The topological polar surface area (TPSA) is 38.8 Å². The van der Waals surface area contributed by atoms with Crippen molar-refractivity contribution in [2.75, 3.05) is 26.3 Å². The number of ether oxygens (including phenoxy) is 2. The van der Waals surface area contributed by atoms with Gasteiger partial charge in [0.05, 0.1) is 13.2 Å². The van der Waals surface area contributed by atoms with Crippen molar-refractivity contribution in [3.05, 3.63) is 69.7 Å². The summed E-state index contributed by atoms with van der Waals surface area (Å²) in [6.07, 6.45) is 1.77. The summed E-state index contributed by atoms with van der Waals surface area (Å²) < 4.78 is 12.5. The highest BCUT2D eigenvalue weighted by Gasteiger charge is 2.39. The van der Waals surface area contributed by atoms with Crippen molar-refractivity contribution in [2.24, 2.45) is 0 Å². The van der Waals surface area contributed by atoms with Gasteiger partial charge in [0.15, 0.2) is 11.6 Å². The number of piperidine rings is 1. The highest BCUT2D eigenvalue weighted by atomic mass is 79.9. The normalized spacial score (nSPS) is 19.7. The molecule has 136 valence electrons. The lowest BCUT2D eigenvalue weighted by Crippen LogP contribution is -2.44. The van der Waals surface area contributed by atoms with E-state index in [0.29, 0.717) is 18.8 Å². The van der Waals surface area contributed by atoms with E-state index in [9.17, 15) is 4.79 Å². The molecule has 4 nitrogen and oxygen atoms in total. The molecule has 2 fully saturated rings. The minimum atomic E-state index is -0.359. The molecule has 0 bridgehead atoms. The Kier molecular flexibility index (Phi) is 5.23. The molecule has 2 heterocycles. The van der Waals surface area contributed by atoms with E-state index in [-0.39, 0.29) is 11.6 Å². The van der Waals surface area contributed by atoms with Crippen LogP contribution >= 0.6 is 15.9 Å². The van der Waals surface area contributed by atoms with Gasteiger partial charge in [0, 0.05) is 48.1 Å². The summed E-state index contributed by atoms with van der Waals surface area (Å²) >= 11 is 3.45. The quantitative estimate of drug-likeness (QED) is 0.706. The van der Waals surface area contributed by atoms with E-state index >= 15 is 0 Å². The lowest BCUT2D eigenvalue weighted by atomic mass is 9.97. The van der Waals surface area contributed by atoms with Crippen LogP contribution in [-0.2, 0) is 16.0 Å². The van der Waals surface area contributed by atoms with Crippen molar-refractivity contribution < 1.29 is 14.3 Å². The fourth-order valence-electron chi connectivity index (χ4n) is 3.74. The van der Waals surface area contributed by atoms with E-state index in [4.69, 9.17) is 9.47 Å². The Bertz CT molecular complexity index is 791. The molecule has 2 aliphatic heterocycles. The zero-order chi connectivity index (χ0) is 18.0. The number of likely N-dealkylation sites (tertiary alicyclic amines) is 1. The Labute approximate surface area is 162 Å². The summed E-state index contributed by atoms with van der Waals surface area (Å²) in [6.45, 7) is 4.00. The monoisotopic (exact) mass is 415 g/mol. The molecule has 0 unspecified atom stereocenters. The summed E-state index contributed by atoms with van der Waals surface area (Å²) in [5, 5.41) is 0. The number of benzene rings is 2. The van der Waals surface area contributed by atoms with Crippen molar-refractivity contribution in [1.29, 1.82) is 0 Å². The Morgan fingerprint density at radius 3 is 2.50 bits per heavy atom. The standard InChI is InChI=1S/C21H22BrNO3/c22-18-6-3-5-16(14-18)20(24)19-7-2-1-4-17(19)15-23-10-8-21(9-11-23)25-12-13-26-21/h1-7,14H,8-13,15H2. The first-order valence-electron chi connectivity index (χ1n) is 9.04. The molecule has 1 spiro atoms. The third-order valence-corrected chi connectivity index (χ3v) is 5.67. The molecule has 2 aliphatic rings. The first-order valence-corrected chi connectivity index (χ1v) is 9.83. The number of carbonyl (C=O) groups excluding carboxylic acids is 1. The van der Waals surface area contributed by atoms with Crippen molar-refractivity contribution in [3.63, 3.8) is 0 Å². The van der Waals surface area contributed by atoms with Gasteiger partial charge in [0.2, 0.25) is 0 Å². The van der Waals surface area contributed by atoms with Crippen LogP contribution in [0.1, 0.15) is 34.3 Å². The van der Waals surface area contributed by atoms with Crippen LogP contribution in [0.3, 0.4) is 0 Å². The molecule has 0 N–H and O–H groups in total. The fourth-order valence-corrected chi connectivity index (χ4v) is 4.14. The van der Waals surface area contributed by atoms with E-state index in [0.717, 1.165) is 48.1 Å². The third kappa shape index (κ3) is 3.76. The number of hydrogen-bond donors (Lipinski definition) is 0. The van der Waals surface area contributed by atoms with Gasteiger partial charge in [0.1, 0.15) is 0 Å². The smallest absolute Gasteiger partial charge is 0.193 e. The molecule has 0 saturated carbocycles. The van der Waals surface area contributed by atoms with Gasteiger partial charge in [-0.1, -0.05) is 52.3 Å². The van der Waals surface area contributed by atoms with E-state index in [1.807, 2.05) is 42.5 Å². The average molecular weight is 416 g/mol. The average Bonchev–Trinajstić information content (AvgIpc) is 3.12. The maximum absolute atomic E-state index is 13.0. The van der Waals surface area contributed by atoms with Crippen LogP contribution in [0.25, 0.3) is 0 Å². The van der Waals surface area contributed by atoms with Gasteiger partial charge < -0.3 is 9.47 Å². The molecule has 0 aromatic heterocycles. The molecule has 0 amide bonds. The first kappa shape index (κ1) is 17.9. The molecule has 2 saturated heterocycles. The summed E-state index contributed by atoms with van der Waals surface area (Å²) in [5.74, 6) is -0.292. The number of halogens is 1. The van der Waals surface area contributed by atoms with Crippen LogP contribution in [0.4, 0.5) is 0 Å². The fraction of sp³-hybridized carbons (Fsp3) is 0.381. The molecule has 0 radical (unpaired) electrons. The highest BCUT2D eigenvalue weighted by molar-refractivity contribution is 9.10. The number of hydrogen-bond acceptors (Lipinski definition) is 4. The minimum Gasteiger partial charge on any atom is -0.347 e. The summed E-state index contributed by atoms with van der Waals surface area (Å²) in [6, 6.07) is 15.5. The molecular weight excluding hydrogens is 394 g/mol. The van der Waals surface area contributed by atoms with Crippen LogP contribution in [-0.4, -0.2) is 42.8 Å². The lowest BCUT2D eigenvalue weighted by molar-refractivity contribution is -0.185. The molecule has 4 rings (SSSR count). The molecular formula is C21H22BrNO3. The molecule has 0 atom stereocenters. The van der Waals surface area contributed by atoms with Crippen LogP contribution in [0.15, 0.2) is 53.0 Å². The lowest BCUT2D eigenvalue weighted by Gasteiger charge is -2.37. The predicted molar refractivity (Wildman–Crippen MR) is 103 cm³/mol. The summed E-state index contributed by atoms with van der Waals surface area (Å²) in [5.41, 5.74) is 2.55. The molecule has 26 heavy (non-hydrogen) atoms. The largest absolute Gasteiger partial charge is 0.347 e. The van der Waals surface area contributed by atoms with Gasteiger partial charge in [-0.3, -0.25) is 9.69 Å². The summed E-state index contributed by atoms with van der Waals surface area (Å²) in [7, 11) is 0. The van der Waals surface area contributed by atoms with Crippen molar-refractivity contribution in [3.8, 4) is 0 Å². The number of rotatable bonds is 4. The second-order valence-corrected chi connectivity index (χ2v) is 7.80. The van der Waals surface area contributed by atoms with Gasteiger partial charge in [-0.05, 0) is 17.7 Å². The van der Waals surface area contributed by atoms with Crippen LogP contribution in [0.5, 0.6) is 0 Å². The maximum atomic E-state index is 13.0. The Balaban J connectivity index is 1.49. The zero-order valence-corrected chi connectivity index (χ0v) is 16.2. The molecule has 2 aromatic rings. The van der Waals surface area contributed by atoms with Crippen LogP contribution in [0.2, 0.25) is 0 Å². The number of carbonyl (C=O) groups is 1. The van der Waals surface area contributed by atoms with E-state index in [2.05, 4.69) is 26.9 Å². The van der Waals surface area contributed by atoms with Crippen molar-refractivity contribution in [2.45, 2.75) is 25.2 Å². The molecule has 0 aliphatic carbocycles. The van der Waals surface area contributed by atoms with Gasteiger partial charge in [-0.25, -0.2) is 0 Å². The highest BCUT2D eigenvalue weighted by Crippen LogP contribution is 2.32. The van der Waals surface area contributed by atoms with E-state index < -0.39 is 0 Å². The second kappa shape index (κ2) is 7.61. The molecule has 5 heteroatoms. The van der Waals surface area contributed by atoms with Gasteiger partial charge in [0.25, 0.3) is 0 Å². The van der Waals surface area contributed by atoms with Crippen molar-refractivity contribution in [1.82, 2.24) is 4.90 Å². The molecule has 2 aromatic carbocycles. The third-order valence-electron chi connectivity index (χ3n) is 5.17. The zero-order valence-electron chi connectivity index (χ0n) is 14.6. The first-order chi connectivity index (χ1) is 12.7. The summed E-state index contributed by atoms with van der Waals surface area (Å²) in [4.78, 5) is 15.4. The van der Waals surface area contributed by atoms with E-state index in [1.165, 1.54) is 0 Å². The van der Waals surface area contributed by atoms with Gasteiger partial charge in [-0.15, -0.1) is 0 Å². The Morgan fingerprint density at radius 1 is 1.04 bits per heavy atom. The number of ketones is 1. The van der Waals surface area contributed by atoms with Crippen molar-refractivity contribution >= 4 is 21.7 Å². The Morgan fingerprint density at radius 2 is 1.77 bits per heavy atom. The Hall–Kier alpha value is -1.53. The van der Waals surface area contributed by atoms with Crippen LogP contribution < -0.4 is 0 Å².